The SMILES string of the molecule is CN(C(=O)C(Cl)Cl)[C@H]1C[C@H]2C=C[C@@H]1C2. The summed E-state index contributed by atoms with van der Waals surface area (Å²) in [5.74, 6) is 0.990. The molecule has 4 heteroatoms. The van der Waals surface area contributed by atoms with Crippen LogP contribution in [0.25, 0.3) is 0 Å². The maximum Gasteiger partial charge on any atom is 0.255 e. The van der Waals surface area contributed by atoms with Crippen LogP contribution in [0.3, 0.4) is 0 Å². The molecule has 0 saturated heterocycles. The van der Waals surface area contributed by atoms with E-state index in [1.807, 2.05) is 0 Å². The highest BCUT2D eigenvalue weighted by Gasteiger charge is 2.40. The van der Waals surface area contributed by atoms with Crippen molar-refractivity contribution < 1.29 is 4.79 Å². The van der Waals surface area contributed by atoms with Crippen LogP contribution in [-0.2, 0) is 4.79 Å². The molecule has 3 atom stereocenters. The number of fused-ring (bicyclic) bond motifs is 2. The van der Waals surface area contributed by atoms with Gasteiger partial charge in [-0.1, -0.05) is 35.4 Å². The van der Waals surface area contributed by atoms with E-state index >= 15 is 0 Å². The van der Waals surface area contributed by atoms with Gasteiger partial charge in [0.2, 0.25) is 0 Å². The molecular formula is C10H13Cl2NO. The number of rotatable bonds is 2. The van der Waals surface area contributed by atoms with E-state index in [-0.39, 0.29) is 5.91 Å². The summed E-state index contributed by atoms with van der Waals surface area (Å²) in [5.41, 5.74) is 0. The monoisotopic (exact) mass is 233 g/mol. The Balaban J connectivity index is 2.03. The molecule has 0 aliphatic heterocycles. The Morgan fingerprint density at radius 2 is 2.14 bits per heavy atom. The molecule has 2 aliphatic rings. The summed E-state index contributed by atoms with van der Waals surface area (Å²) in [4.78, 5) is 12.3. The Hall–Kier alpha value is -0.210. The lowest BCUT2D eigenvalue weighted by Crippen LogP contribution is -2.42. The van der Waals surface area contributed by atoms with E-state index in [2.05, 4.69) is 12.2 Å². The van der Waals surface area contributed by atoms with E-state index in [0.29, 0.717) is 17.9 Å². The minimum Gasteiger partial charge on any atom is -0.340 e. The molecule has 1 saturated carbocycles. The number of nitrogens with zero attached hydrogens (tertiary/aromatic N) is 1. The molecule has 78 valence electrons. The molecule has 0 N–H and O–H groups in total. The fraction of sp³-hybridized carbons (Fsp3) is 0.700. The average molecular weight is 234 g/mol. The van der Waals surface area contributed by atoms with Gasteiger partial charge in [-0.2, -0.15) is 0 Å². The molecule has 2 nitrogen and oxygen atoms in total. The van der Waals surface area contributed by atoms with Crippen molar-refractivity contribution in [3.8, 4) is 0 Å². The van der Waals surface area contributed by atoms with Gasteiger partial charge in [-0.3, -0.25) is 4.79 Å². The van der Waals surface area contributed by atoms with Crippen molar-refractivity contribution >= 4 is 29.1 Å². The van der Waals surface area contributed by atoms with Crippen molar-refractivity contribution in [3.63, 3.8) is 0 Å². The number of amides is 1. The number of carbonyl (C=O) groups is 1. The van der Waals surface area contributed by atoms with Crippen LogP contribution in [0.1, 0.15) is 12.8 Å². The second-order valence-corrected chi connectivity index (χ2v) is 5.19. The lowest BCUT2D eigenvalue weighted by Gasteiger charge is -2.29. The largest absolute Gasteiger partial charge is 0.340 e. The van der Waals surface area contributed by atoms with Crippen LogP contribution in [0.5, 0.6) is 0 Å². The number of alkyl halides is 2. The van der Waals surface area contributed by atoms with Gasteiger partial charge in [0.15, 0.2) is 4.84 Å². The maximum atomic E-state index is 11.5. The first-order chi connectivity index (χ1) is 6.59. The van der Waals surface area contributed by atoms with Gasteiger partial charge in [0.05, 0.1) is 0 Å². The van der Waals surface area contributed by atoms with Crippen LogP contribution in [0.4, 0.5) is 0 Å². The minimum atomic E-state index is -0.928. The van der Waals surface area contributed by atoms with Crippen molar-refractivity contribution in [2.45, 2.75) is 23.7 Å². The quantitative estimate of drug-likeness (QED) is 0.530. The highest BCUT2D eigenvalue weighted by atomic mass is 35.5. The fourth-order valence-corrected chi connectivity index (χ4v) is 2.82. The van der Waals surface area contributed by atoms with E-state index in [1.165, 1.54) is 6.42 Å². The number of carbonyl (C=O) groups excluding carboxylic acids is 1. The van der Waals surface area contributed by atoms with E-state index in [4.69, 9.17) is 23.2 Å². The molecule has 2 bridgehead atoms. The Labute approximate surface area is 93.9 Å². The smallest absolute Gasteiger partial charge is 0.255 e. The summed E-state index contributed by atoms with van der Waals surface area (Å²) in [6, 6.07) is 0.303. The lowest BCUT2D eigenvalue weighted by atomic mass is 10.0. The molecular weight excluding hydrogens is 221 g/mol. The third-order valence-corrected chi connectivity index (χ3v) is 3.65. The second-order valence-electron chi connectivity index (χ2n) is 4.10. The maximum absolute atomic E-state index is 11.5. The molecule has 0 aromatic heterocycles. The summed E-state index contributed by atoms with van der Waals surface area (Å²) >= 11 is 11.1. The molecule has 0 heterocycles. The molecule has 1 fully saturated rings. The van der Waals surface area contributed by atoms with Crippen molar-refractivity contribution in [2.24, 2.45) is 11.8 Å². The second kappa shape index (κ2) is 3.74. The highest BCUT2D eigenvalue weighted by molar-refractivity contribution is 6.53. The number of hydrogen-bond donors (Lipinski definition) is 0. The molecule has 0 unspecified atom stereocenters. The number of halogens is 2. The first-order valence-electron chi connectivity index (χ1n) is 4.82. The zero-order chi connectivity index (χ0) is 10.3. The molecule has 0 aromatic carbocycles. The summed E-state index contributed by atoms with van der Waals surface area (Å²) in [7, 11) is 1.79. The van der Waals surface area contributed by atoms with Gasteiger partial charge in [-0.15, -0.1) is 0 Å². The van der Waals surface area contributed by atoms with E-state index < -0.39 is 4.84 Å². The van der Waals surface area contributed by atoms with Crippen molar-refractivity contribution in [1.82, 2.24) is 4.90 Å². The van der Waals surface area contributed by atoms with Gasteiger partial charge in [-0.25, -0.2) is 0 Å². The zero-order valence-electron chi connectivity index (χ0n) is 7.99. The van der Waals surface area contributed by atoms with Gasteiger partial charge < -0.3 is 4.90 Å². The van der Waals surface area contributed by atoms with Crippen LogP contribution in [0, 0.1) is 11.8 Å². The van der Waals surface area contributed by atoms with E-state index in [0.717, 1.165) is 6.42 Å². The third-order valence-electron chi connectivity index (χ3n) is 3.28. The molecule has 0 radical (unpaired) electrons. The molecule has 0 spiro atoms. The summed E-state index contributed by atoms with van der Waals surface area (Å²) in [6.45, 7) is 0. The predicted octanol–water partition coefficient (Wildman–Crippen LogP) is 2.21. The topological polar surface area (TPSA) is 20.3 Å². The van der Waals surface area contributed by atoms with Crippen LogP contribution in [0.15, 0.2) is 12.2 Å². The molecule has 2 rings (SSSR count). The first kappa shape index (κ1) is 10.3. The van der Waals surface area contributed by atoms with Gasteiger partial charge in [0.1, 0.15) is 0 Å². The van der Waals surface area contributed by atoms with Crippen molar-refractivity contribution in [3.05, 3.63) is 12.2 Å². The first-order valence-corrected chi connectivity index (χ1v) is 5.70. The van der Waals surface area contributed by atoms with Crippen molar-refractivity contribution in [2.75, 3.05) is 7.05 Å². The van der Waals surface area contributed by atoms with Crippen molar-refractivity contribution in [1.29, 1.82) is 0 Å². The van der Waals surface area contributed by atoms with Gasteiger partial charge in [0, 0.05) is 13.1 Å². The minimum absolute atomic E-state index is 0.181. The van der Waals surface area contributed by atoms with Gasteiger partial charge >= 0.3 is 0 Å². The zero-order valence-corrected chi connectivity index (χ0v) is 9.50. The van der Waals surface area contributed by atoms with Gasteiger partial charge in [0.25, 0.3) is 5.91 Å². The van der Waals surface area contributed by atoms with E-state index in [9.17, 15) is 4.79 Å². The van der Waals surface area contributed by atoms with Crippen LogP contribution < -0.4 is 0 Å². The molecule has 0 aromatic rings. The Kier molecular flexibility index (Phi) is 2.76. The number of allylic oxidation sites excluding steroid dienone is 1. The van der Waals surface area contributed by atoms with Gasteiger partial charge in [-0.05, 0) is 24.7 Å². The Morgan fingerprint density at radius 1 is 1.43 bits per heavy atom. The van der Waals surface area contributed by atoms with Crippen LogP contribution in [0.2, 0.25) is 0 Å². The lowest BCUT2D eigenvalue weighted by molar-refractivity contribution is -0.130. The predicted molar refractivity (Wildman–Crippen MR) is 57.4 cm³/mol. The summed E-state index contributed by atoms with van der Waals surface area (Å²) in [6.07, 6.45) is 6.69. The summed E-state index contributed by atoms with van der Waals surface area (Å²) in [5, 5.41) is 0. The molecule has 1 amide bonds. The molecule has 2 aliphatic carbocycles. The normalized spacial score (nSPS) is 34.1. The average Bonchev–Trinajstić information content (AvgIpc) is 2.76. The standard InChI is InChI=1S/C10H13Cl2NO/c1-13(10(14)9(11)12)8-5-6-2-3-7(8)4-6/h2-3,6-9H,4-5H2,1H3/t6-,7+,8-/m0/s1. The van der Waals surface area contributed by atoms with Crippen LogP contribution in [-0.4, -0.2) is 28.7 Å². The summed E-state index contributed by atoms with van der Waals surface area (Å²) < 4.78 is 0. The van der Waals surface area contributed by atoms with E-state index in [1.54, 1.807) is 11.9 Å². The fourth-order valence-electron chi connectivity index (χ4n) is 2.51. The third kappa shape index (κ3) is 1.66. The highest BCUT2D eigenvalue weighted by Crippen LogP contribution is 2.41. The van der Waals surface area contributed by atoms with Crippen LogP contribution >= 0.6 is 23.2 Å². The Bertz CT molecular complexity index is 277. The Morgan fingerprint density at radius 3 is 2.57 bits per heavy atom. The number of hydrogen-bond acceptors (Lipinski definition) is 1. The molecule has 14 heavy (non-hydrogen) atoms.